The van der Waals surface area contributed by atoms with Crippen molar-refractivity contribution in [3.63, 3.8) is 0 Å². The molecular formula is C17H20F2N2O3. The number of aliphatic hydroxyl groups is 2. The molecule has 2 fully saturated rings. The van der Waals surface area contributed by atoms with Crippen LogP contribution in [0.1, 0.15) is 31.4 Å². The lowest BCUT2D eigenvalue weighted by atomic mass is 9.91. The van der Waals surface area contributed by atoms with E-state index in [1.807, 2.05) is 6.07 Å². The summed E-state index contributed by atoms with van der Waals surface area (Å²) in [5.41, 5.74) is 1.07. The Hall–Kier alpha value is -1.75. The first-order chi connectivity index (χ1) is 11.4. The molecule has 0 spiro atoms. The van der Waals surface area contributed by atoms with E-state index < -0.39 is 6.11 Å². The molecule has 0 amide bonds. The number of rotatable bonds is 3. The molecule has 130 valence electrons. The molecule has 1 aliphatic heterocycles. The smallest absolute Gasteiger partial charge is 0.393 e. The van der Waals surface area contributed by atoms with E-state index in [9.17, 15) is 13.9 Å². The van der Waals surface area contributed by atoms with Crippen molar-refractivity contribution in [3.8, 4) is 11.8 Å². The van der Waals surface area contributed by atoms with Gasteiger partial charge < -0.3 is 19.8 Å². The summed E-state index contributed by atoms with van der Waals surface area (Å²) in [5.74, 6) is 3.65. The number of hydrogen-bond donors (Lipinski definition) is 2. The highest BCUT2D eigenvalue weighted by Crippen LogP contribution is 2.28. The van der Waals surface area contributed by atoms with Crippen LogP contribution in [0.5, 0.6) is 0 Å². The number of alkyl halides is 2. The molecule has 1 saturated carbocycles. The predicted molar refractivity (Wildman–Crippen MR) is 83.6 cm³/mol. The summed E-state index contributed by atoms with van der Waals surface area (Å²) in [4.78, 5) is 6.06. The molecule has 2 heterocycles. The highest BCUT2D eigenvalue weighted by molar-refractivity contribution is 5.50. The van der Waals surface area contributed by atoms with E-state index >= 15 is 0 Å². The van der Waals surface area contributed by atoms with Gasteiger partial charge in [-0.05, 0) is 43.7 Å². The van der Waals surface area contributed by atoms with Crippen LogP contribution >= 0.6 is 0 Å². The van der Waals surface area contributed by atoms with E-state index in [1.165, 1.54) is 12.1 Å². The summed E-state index contributed by atoms with van der Waals surface area (Å²) in [6.07, 6.45) is 0.889. The van der Waals surface area contributed by atoms with Crippen LogP contribution in [0.25, 0.3) is 0 Å². The minimum atomic E-state index is -4.01. The van der Waals surface area contributed by atoms with Crippen LogP contribution in [0, 0.1) is 11.8 Å². The van der Waals surface area contributed by atoms with Crippen LogP contribution in [0.4, 0.5) is 14.5 Å². The molecule has 3 rings (SSSR count). The third-order valence-electron chi connectivity index (χ3n) is 4.35. The summed E-state index contributed by atoms with van der Waals surface area (Å²) in [7, 11) is 0. The van der Waals surface area contributed by atoms with E-state index in [2.05, 4.69) is 15.8 Å². The third kappa shape index (κ3) is 4.63. The van der Waals surface area contributed by atoms with Crippen molar-refractivity contribution in [2.75, 3.05) is 18.0 Å². The number of hydrogen-bond acceptors (Lipinski definition) is 5. The standard InChI is InChI=1S/C17H20F2N2O3/c18-17(19,23)5-1-12-9-13(2-6-20-12)21-7-3-15(4-8-21)24-16-10-14(22)11-16/h2,6,9,14-16,22-23H,3-4,7-8,10-11H2. The van der Waals surface area contributed by atoms with Crippen LogP contribution in [-0.2, 0) is 4.74 Å². The second-order valence-corrected chi connectivity index (χ2v) is 6.26. The fourth-order valence-corrected chi connectivity index (χ4v) is 2.99. The van der Waals surface area contributed by atoms with Gasteiger partial charge in [0.1, 0.15) is 5.69 Å². The monoisotopic (exact) mass is 338 g/mol. The number of ether oxygens (including phenoxy) is 1. The molecule has 1 aromatic heterocycles. The number of aromatic nitrogens is 1. The average Bonchev–Trinajstić information content (AvgIpc) is 2.52. The Morgan fingerprint density at radius 3 is 2.58 bits per heavy atom. The number of pyridine rings is 1. The van der Waals surface area contributed by atoms with Gasteiger partial charge in [0.25, 0.3) is 0 Å². The van der Waals surface area contributed by atoms with Crippen molar-refractivity contribution in [2.45, 2.75) is 50.1 Å². The van der Waals surface area contributed by atoms with Gasteiger partial charge in [0, 0.05) is 30.9 Å². The van der Waals surface area contributed by atoms with Crippen molar-refractivity contribution >= 4 is 5.69 Å². The van der Waals surface area contributed by atoms with Gasteiger partial charge in [0.05, 0.1) is 18.3 Å². The molecule has 0 atom stereocenters. The SMILES string of the molecule is OC1CC(OC2CCN(c3ccnc(C#CC(O)(F)F)c3)CC2)C1. The van der Waals surface area contributed by atoms with Crippen molar-refractivity contribution in [3.05, 3.63) is 24.0 Å². The minimum absolute atomic E-state index is 0.180. The summed E-state index contributed by atoms with van der Waals surface area (Å²) < 4.78 is 30.7. The van der Waals surface area contributed by atoms with E-state index in [0.29, 0.717) is 0 Å². The Kier molecular flexibility index (Phi) is 4.99. The van der Waals surface area contributed by atoms with Crippen molar-refractivity contribution < 1.29 is 23.7 Å². The number of nitrogens with zero attached hydrogens (tertiary/aromatic N) is 2. The van der Waals surface area contributed by atoms with Gasteiger partial charge in [-0.25, -0.2) is 4.98 Å². The first kappa shape index (κ1) is 17.1. The summed E-state index contributed by atoms with van der Waals surface area (Å²) in [6, 6.07) is 3.45. The Labute approximate surface area is 139 Å². The zero-order valence-corrected chi connectivity index (χ0v) is 13.2. The topological polar surface area (TPSA) is 65.8 Å². The molecule has 0 aromatic carbocycles. The van der Waals surface area contributed by atoms with Gasteiger partial charge in [0.15, 0.2) is 0 Å². The van der Waals surface area contributed by atoms with Gasteiger partial charge in [-0.2, -0.15) is 8.78 Å². The molecule has 24 heavy (non-hydrogen) atoms. The lowest BCUT2D eigenvalue weighted by molar-refractivity contribution is -0.145. The molecule has 2 N–H and O–H groups in total. The zero-order valence-electron chi connectivity index (χ0n) is 13.2. The first-order valence-electron chi connectivity index (χ1n) is 8.07. The highest BCUT2D eigenvalue weighted by Gasteiger charge is 2.31. The Balaban J connectivity index is 1.55. The number of anilines is 1. The lowest BCUT2D eigenvalue weighted by Gasteiger charge is -2.38. The lowest BCUT2D eigenvalue weighted by Crippen LogP contribution is -2.42. The van der Waals surface area contributed by atoms with Crippen LogP contribution in [0.15, 0.2) is 18.3 Å². The fraction of sp³-hybridized carbons (Fsp3) is 0.588. The van der Waals surface area contributed by atoms with Gasteiger partial charge in [-0.1, -0.05) is 0 Å². The molecule has 7 heteroatoms. The maximum Gasteiger partial charge on any atom is 0.421 e. The minimum Gasteiger partial charge on any atom is -0.393 e. The molecule has 0 bridgehead atoms. The molecule has 1 aliphatic carbocycles. The number of aliphatic hydroxyl groups excluding tert-OH is 1. The number of piperidine rings is 1. The Morgan fingerprint density at radius 1 is 1.25 bits per heavy atom. The molecule has 1 saturated heterocycles. The second-order valence-electron chi connectivity index (χ2n) is 6.26. The van der Waals surface area contributed by atoms with Crippen molar-refractivity contribution in [1.82, 2.24) is 4.98 Å². The normalized spacial score (nSPS) is 24.9. The molecule has 0 unspecified atom stereocenters. The van der Waals surface area contributed by atoms with Crippen molar-refractivity contribution in [2.24, 2.45) is 0 Å². The molecule has 5 nitrogen and oxygen atoms in total. The Morgan fingerprint density at radius 2 is 1.96 bits per heavy atom. The average molecular weight is 338 g/mol. The molecule has 2 aliphatic rings. The molecule has 1 aromatic rings. The van der Waals surface area contributed by atoms with Crippen LogP contribution in [-0.4, -0.2) is 52.7 Å². The maximum absolute atomic E-state index is 12.4. The van der Waals surface area contributed by atoms with E-state index in [4.69, 9.17) is 9.84 Å². The fourth-order valence-electron chi connectivity index (χ4n) is 2.99. The first-order valence-corrected chi connectivity index (χ1v) is 8.07. The quantitative estimate of drug-likeness (QED) is 0.818. The maximum atomic E-state index is 12.4. The number of halogens is 2. The van der Waals surface area contributed by atoms with Gasteiger partial charge in [-0.3, -0.25) is 0 Å². The summed E-state index contributed by atoms with van der Waals surface area (Å²) >= 11 is 0. The van der Waals surface area contributed by atoms with Crippen molar-refractivity contribution in [1.29, 1.82) is 0 Å². The Bertz CT molecular complexity index is 625. The van der Waals surface area contributed by atoms with E-state index in [0.717, 1.165) is 44.5 Å². The van der Waals surface area contributed by atoms with Crippen LogP contribution in [0.2, 0.25) is 0 Å². The molecular weight excluding hydrogens is 318 g/mol. The van der Waals surface area contributed by atoms with E-state index in [1.54, 1.807) is 6.07 Å². The van der Waals surface area contributed by atoms with Crippen LogP contribution in [0.3, 0.4) is 0 Å². The van der Waals surface area contributed by atoms with Gasteiger partial charge in [0.2, 0.25) is 0 Å². The van der Waals surface area contributed by atoms with Gasteiger partial charge >= 0.3 is 6.11 Å². The summed E-state index contributed by atoms with van der Waals surface area (Å²) in [6.45, 7) is 1.60. The van der Waals surface area contributed by atoms with E-state index in [-0.39, 0.29) is 24.0 Å². The molecule has 0 radical (unpaired) electrons. The second kappa shape index (κ2) is 7.01. The van der Waals surface area contributed by atoms with Gasteiger partial charge in [-0.15, -0.1) is 0 Å². The highest BCUT2D eigenvalue weighted by atomic mass is 19.3. The van der Waals surface area contributed by atoms with Crippen LogP contribution < -0.4 is 4.90 Å². The third-order valence-corrected chi connectivity index (χ3v) is 4.35. The largest absolute Gasteiger partial charge is 0.421 e. The zero-order chi connectivity index (χ0) is 17.2. The predicted octanol–water partition coefficient (Wildman–Crippen LogP) is 1.53. The summed E-state index contributed by atoms with van der Waals surface area (Å²) in [5, 5.41) is 17.7.